The molecule has 1 rings (SSSR count). The highest BCUT2D eigenvalue weighted by Gasteiger charge is 2.22. The average Bonchev–Trinajstić information content (AvgIpc) is 3.02. The number of methoxy groups -OCH3 is 2. The highest BCUT2D eigenvalue weighted by Crippen LogP contribution is 2.48. The minimum Gasteiger partial charge on any atom is -0.504 e. The lowest BCUT2D eigenvalue weighted by Gasteiger charge is -2.17. The topological polar surface area (TPSA) is 58.9 Å². The summed E-state index contributed by atoms with van der Waals surface area (Å²) in [6, 6.07) is 0. The van der Waals surface area contributed by atoms with Gasteiger partial charge in [-0.1, -0.05) is 114 Å². The Balaban J connectivity index is 2.22. The summed E-state index contributed by atoms with van der Waals surface area (Å²) in [6.45, 7) is 20.4. The van der Waals surface area contributed by atoms with Gasteiger partial charge in [-0.3, -0.25) is 0 Å². The zero-order chi connectivity index (χ0) is 36.1. The maximum absolute atomic E-state index is 10.7. The number of allylic oxidation sites excluding steroid dienone is 6. The van der Waals surface area contributed by atoms with Crippen LogP contribution in [0.2, 0.25) is 0 Å². The van der Waals surface area contributed by atoms with E-state index in [0.717, 1.165) is 24.2 Å². The van der Waals surface area contributed by atoms with Gasteiger partial charge in [0, 0.05) is 11.1 Å². The molecule has 0 aromatic heterocycles. The molecule has 0 bridgehead atoms. The van der Waals surface area contributed by atoms with Crippen LogP contribution in [0.4, 0.5) is 0 Å². The Hall–Kier alpha value is -2.36. The van der Waals surface area contributed by atoms with Gasteiger partial charge >= 0.3 is 0 Å². The summed E-state index contributed by atoms with van der Waals surface area (Å²) in [4.78, 5) is 0. The molecule has 4 atom stereocenters. The predicted octanol–water partition coefficient (Wildman–Crippen LogP) is 13.6. The van der Waals surface area contributed by atoms with E-state index < -0.39 is 0 Å². The average molecular weight is 669 g/mol. The second kappa shape index (κ2) is 24.7. The number of hydrogen-bond donors (Lipinski definition) is 2. The summed E-state index contributed by atoms with van der Waals surface area (Å²) in [6.07, 6.45) is 28.4. The van der Waals surface area contributed by atoms with Crippen LogP contribution in [0.25, 0.3) is 0 Å². The van der Waals surface area contributed by atoms with E-state index in [2.05, 4.69) is 73.6 Å². The number of rotatable bonds is 26. The second-order valence-electron chi connectivity index (χ2n) is 15.7. The highest BCUT2D eigenvalue weighted by molar-refractivity contribution is 5.66. The van der Waals surface area contributed by atoms with Crippen molar-refractivity contribution in [2.24, 2.45) is 23.7 Å². The maximum atomic E-state index is 10.7. The van der Waals surface area contributed by atoms with Crippen LogP contribution in [0, 0.1) is 30.6 Å². The Morgan fingerprint density at radius 2 is 0.958 bits per heavy atom. The minimum absolute atomic E-state index is 0.0222. The van der Waals surface area contributed by atoms with Crippen molar-refractivity contribution in [2.75, 3.05) is 14.2 Å². The van der Waals surface area contributed by atoms with Gasteiger partial charge in [-0.2, -0.15) is 0 Å². The fourth-order valence-corrected chi connectivity index (χ4v) is 6.89. The van der Waals surface area contributed by atoms with Crippen LogP contribution < -0.4 is 9.47 Å². The molecule has 276 valence electrons. The van der Waals surface area contributed by atoms with E-state index in [1.165, 1.54) is 122 Å². The summed E-state index contributed by atoms with van der Waals surface area (Å²) in [5.74, 6) is 3.72. The number of phenols is 2. The van der Waals surface area contributed by atoms with Gasteiger partial charge < -0.3 is 19.7 Å². The van der Waals surface area contributed by atoms with Crippen molar-refractivity contribution < 1.29 is 19.7 Å². The van der Waals surface area contributed by atoms with Crippen LogP contribution in [-0.4, -0.2) is 24.4 Å². The molecule has 4 heteroatoms. The molecule has 0 heterocycles. The summed E-state index contributed by atoms with van der Waals surface area (Å²) in [7, 11) is 2.93. The maximum Gasteiger partial charge on any atom is 0.207 e. The van der Waals surface area contributed by atoms with Crippen molar-refractivity contribution in [2.45, 2.75) is 171 Å². The van der Waals surface area contributed by atoms with Crippen molar-refractivity contribution >= 4 is 0 Å². The van der Waals surface area contributed by atoms with Gasteiger partial charge in [0.1, 0.15) is 0 Å². The first-order valence-electron chi connectivity index (χ1n) is 19.4. The number of phenolic OH excluding ortho intramolecular Hbond substituents is 2. The van der Waals surface area contributed by atoms with E-state index in [1.807, 2.05) is 0 Å². The lowest BCUT2D eigenvalue weighted by atomic mass is 9.90. The molecule has 0 saturated heterocycles. The van der Waals surface area contributed by atoms with Gasteiger partial charge in [0.25, 0.3) is 0 Å². The molecule has 4 nitrogen and oxygen atoms in total. The lowest BCUT2D eigenvalue weighted by molar-refractivity contribution is 0.314. The summed E-state index contributed by atoms with van der Waals surface area (Å²) >= 11 is 0. The van der Waals surface area contributed by atoms with Crippen LogP contribution in [0.15, 0.2) is 34.9 Å². The third-order valence-corrected chi connectivity index (χ3v) is 10.5. The standard InChI is InChI=1S/C44H76O4/c1-32(2)18-12-19-33(3)20-13-21-34(4)22-14-23-35(5)24-15-25-36(6)26-16-27-37(7)28-17-29-38(8)30-31-40-39(9)41(45)43(47-10)44(48-11)42(40)46/h18,26,30,33-35,37,45-46H,12-17,19-25,27-29,31H2,1-11H3/b36-26+,38-30+. The Labute approximate surface area is 297 Å². The first kappa shape index (κ1) is 43.7. The Morgan fingerprint density at radius 3 is 1.42 bits per heavy atom. The van der Waals surface area contributed by atoms with Crippen molar-refractivity contribution in [3.8, 4) is 23.0 Å². The van der Waals surface area contributed by atoms with Crippen molar-refractivity contribution in [3.05, 3.63) is 46.1 Å². The van der Waals surface area contributed by atoms with Gasteiger partial charge in [0.15, 0.2) is 11.5 Å². The molecule has 0 amide bonds. The quantitative estimate of drug-likeness (QED) is 0.0762. The van der Waals surface area contributed by atoms with Crippen molar-refractivity contribution in [1.82, 2.24) is 0 Å². The Morgan fingerprint density at radius 1 is 0.562 bits per heavy atom. The van der Waals surface area contributed by atoms with Crippen LogP contribution in [-0.2, 0) is 6.42 Å². The van der Waals surface area contributed by atoms with Gasteiger partial charge in [0.05, 0.1) is 14.2 Å². The van der Waals surface area contributed by atoms with E-state index in [-0.39, 0.29) is 23.0 Å². The fourth-order valence-electron chi connectivity index (χ4n) is 6.89. The second-order valence-corrected chi connectivity index (χ2v) is 15.7. The summed E-state index contributed by atoms with van der Waals surface area (Å²) in [5, 5.41) is 21.2. The van der Waals surface area contributed by atoms with Gasteiger partial charge in [-0.05, 0) is 116 Å². The third kappa shape index (κ3) is 17.9. The fraction of sp³-hybridized carbons (Fsp3) is 0.727. The molecule has 0 radical (unpaired) electrons. The molecule has 4 unspecified atom stereocenters. The van der Waals surface area contributed by atoms with E-state index in [1.54, 1.807) is 12.5 Å². The molecule has 2 N–H and O–H groups in total. The molecule has 0 aliphatic heterocycles. The molecular weight excluding hydrogens is 592 g/mol. The van der Waals surface area contributed by atoms with E-state index in [4.69, 9.17) is 9.47 Å². The van der Waals surface area contributed by atoms with Crippen molar-refractivity contribution in [1.29, 1.82) is 0 Å². The number of hydrogen-bond acceptors (Lipinski definition) is 4. The first-order chi connectivity index (χ1) is 22.8. The summed E-state index contributed by atoms with van der Waals surface area (Å²) < 4.78 is 10.5. The van der Waals surface area contributed by atoms with Crippen LogP contribution >= 0.6 is 0 Å². The zero-order valence-electron chi connectivity index (χ0n) is 33.3. The van der Waals surface area contributed by atoms with Gasteiger partial charge in [-0.15, -0.1) is 0 Å². The molecule has 0 fully saturated rings. The van der Waals surface area contributed by atoms with E-state index in [9.17, 15) is 10.2 Å². The normalized spacial score (nSPS) is 14.8. The number of aromatic hydroxyl groups is 2. The third-order valence-electron chi connectivity index (χ3n) is 10.5. The molecule has 0 aliphatic carbocycles. The molecular formula is C44H76O4. The van der Waals surface area contributed by atoms with Gasteiger partial charge in [-0.25, -0.2) is 0 Å². The molecule has 0 aliphatic rings. The van der Waals surface area contributed by atoms with Gasteiger partial charge in [0.2, 0.25) is 11.5 Å². The summed E-state index contributed by atoms with van der Waals surface area (Å²) in [5.41, 5.74) is 5.63. The highest BCUT2D eigenvalue weighted by atomic mass is 16.5. The Kier molecular flexibility index (Phi) is 22.5. The molecule has 0 saturated carbocycles. The van der Waals surface area contributed by atoms with Crippen molar-refractivity contribution in [3.63, 3.8) is 0 Å². The molecule has 1 aromatic rings. The largest absolute Gasteiger partial charge is 0.504 e. The van der Waals surface area contributed by atoms with E-state index in [0.29, 0.717) is 23.5 Å². The van der Waals surface area contributed by atoms with Crippen LogP contribution in [0.5, 0.6) is 23.0 Å². The molecule has 48 heavy (non-hydrogen) atoms. The lowest BCUT2D eigenvalue weighted by Crippen LogP contribution is -2.01. The van der Waals surface area contributed by atoms with E-state index >= 15 is 0 Å². The monoisotopic (exact) mass is 669 g/mol. The molecule has 0 spiro atoms. The minimum atomic E-state index is 0.0222. The van der Waals surface area contributed by atoms with Crippen LogP contribution in [0.3, 0.4) is 0 Å². The Bertz CT molecular complexity index is 1120. The predicted molar refractivity (Wildman–Crippen MR) is 209 cm³/mol. The van der Waals surface area contributed by atoms with Crippen LogP contribution in [0.1, 0.15) is 169 Å². The number of benzene rings is 1. The molecule has 1 aromatic carbocycles. The smallest absolute Gasteiger partial charge is 0.207 e. The SMILES string of the molecule is COc1c(O)c(C)c(C/C=C(\C)CCCC(C)CC/C=C(\C)CCCC(C)CCCC(C)CCCC(C)CCC=C(C)C)c(O)c1OC. The zero-order valence-corrected chi connectivity index (χ0v) is 33.3. The number of ether oxygens (including phenoxy) is 2. The first-order valence-corrected chi connectivity index (χ1v) is 19.4.